The van der Waals surface area contributed by atoms with E-state index >= 15 is 0 Å². The van der Waals surface area contributed by atoms with Crippen LogP contribution in [0.1, 0.15) is 57.7 Å². The lowest BCUT2D eigenvalue weighted by Gasteiger charge is -2.13. The van der Waals surface area contributed by atoms with Crippen molar-refractivity contribution in [2.75, 3.05) is 10.6 Å². The van der Waals surface area contributed by atoms with Gasteiger partial charge in [0.1, 0.15) is 0 Å². The zero-order chi connectivity index (χ0) is 21.0. The van der Waals surface area contributed by atoms with Crippen molar-refractivity contribution in [1.29, 1.82) is 0 Å². The molecule has 0 aromatic heterocycles. The predicted octanol–water partition coefficient (Wildman–Crippen LogP) is 4.55. The molecule has 0 fully saturated rings. The molecule has 6 heteroatoms. The summed E-state index contributed by atoms with van der Waals surface area (Å²) in [6, 6.07) is 8.24. The average Bonchev–Trinajstić information content (AvgIpc) is 2.57. The van der Waals surface area contributed by atoms with Crippen LogP contribution in [0.2, 0.25) is 0 Å². The second-order valence-corrected chi connectivity index (χ2v) is 7.42. The number of carboxylic acid groups (broad SMARTS) is 1. The Morgan fingerprint density at radius 1 is 0.893 bits per heavy atom. The van der Waals surface area contributed by atoms with Crippen molar-refractivity contribution in [3.05, 3.63) is 58.1 Å². The zero-order valence-electron chi connectivity index (χ0n) is 16.8. The van der Waals surface area contributed by atoms with Crippen LogP contribution >= 0.6 is 0 Å². The van der Waals surface area contributed by atoms with Crippen LogP contribution in [0.25, 0.3) is 0 Å². The van der Waals surface area contributed by atoms with Gasteiger partial charge in [-0.15, -0.1) is 0 Å². The van der Waals surface area contributed by atoms with Gasteiger partial charge in [0.05, 0.1) is 5.56 Å². The van der Waals surface area contributed by atoms with Gasteiger partial charge < -0.3 is 15.7 Å². The number of amides is 2. The number of aryl methyl sites for hydroxylation is 3. The molecule has 2 aromatic rings. The van der Waals surface area contributed by atoms with Crippen molar-refractivity contribution < 1.29 is 19.5 Å². The molecule has 0 saturated carbocycles. The topological polar surface area (TPSA) is 95.5 Å². The molecule has 2 amide bonds. The standard InChI is InChI=1S/C22H26N2O4/c1-12(2)8-20(25)23-18-7-6-16(10-15(18)5)21(26)24-19-11-17(22(27)28)13(3)9-14(19)4/h6-7,9-12H,8H2,1-5H3,(H,23,25)(H,24,26)(H,27,28). The van der Waals surface area contributed by atoms with Gasteiger partial charge in [-0.05, 0) is 67.6 Å². The molecule has 6 nitrogen and oxygen atoms in total. The molecule has 28 heavy (non-hydrogen) atoms. The van der Waals surface area contributed by atoms with Gasteiger partial charge in [0.2, 0.25) is 5.91 Å². The van der Waals surface area contributed by atoms with Crippen LogP contribution in [-0.2, 0) is 4.79 Å². The smallest absolute Gasteiger partial charge is 0.336 e. The number of nitrogens with one attached hydrogen (secondary N) is 2. The van der Waals surface area contributed by atoms with Gasteiger partial charge in [0.15, 0.2) is 0 Å². The Hall–Kier alpha value is -3.15. The number of carbonyl (C=O) groups is 3. The van der Waals surface area contributed by atoms with Gasteiger partial charge in [-0.2, -0.15) is 0 Å². The van der Waals surface area contributed by atoms with E-state index in [1.807, 2.05) is 27.7 Å². The number of aromatic carboxylic acids is 1. The summed E-state index contributed by atoms with van der Waals surface area (Å²) in [5.41, 5.74) is 3.90. The van der Waals surface area contributed by atoms with Crippen molar-refractivity contribution in [2.45, 2.75) is 41.0 Å². The lowest BCUT2D eigenvalue weighted by atomic mass is 10.0. The molecule has 0 atom stereocenters. The van der Waals surface area contributed by atoms with Crippen molar-refractivity contribution in [3.8, 4) is 0 Å². The number of hydrogen-bond acceptors (Lipinski definition) is 3. The molecule has 0 spiro atoms. The zero-order valence-corrected chi connectivity index (χ0v) is 16.8. The van der Waals surface area contributed by atoms with Gasteiger partial charge in [-0.3, -0.25) is 9.59 Å². The van der Waals surface area contributed by atoms with Crippen LogP contribution in [0.15, 0.2) is 30.3 Å². The van der Waals surface area contributed by atoms with E-state index in [1.54, 1.807) is 31.2 Å². The minimum atomic E-state index is -1.04. The quantitative estimate of drug-likeness (QED) is 0.683. The molecule has 0 unspecified atom stereocenters. The molecule has 148 valence electrons. The summed E-state index contributed by atoms with van der Waals surface area (Å²) in [6.07, 6.45) is 0.431. The number of hydrogen-bond donors (Lipinski definition) is 3. The van der Waals surface area contributed by atoms with Crippen LogP contribution in [0.4, 0.5) is 11.4 Å². The average molecular weight is 382 g/mol. The molecule has 3 N–H and O–H groups in total. The van der Waals surface area contributed by atoms with Crippen LogP contribution < -0.4 is 10.6 Å². The molecular formula is C22H26N2O4. The third kappa shape index (κ3) is 5.19. The Labute approximate surface area is 165 Å². The first kappa shape index (κ1) is 21.2. The highest BCUT2D eigenvalue weighted by Gasteiger charge is 2.15. The first-order valence-electron chi connectivity index (χ1n) is 9.15. The van der Waals surface area contributed by atoms with Gasteiger partial charge >= 0.3 is 5.97 Å². The Morgan fingerprint density at radius 2 is 1.54 bits per heavy atom. The maximum atomic E-state index is 12.6. The van der Waals surface area contributed by atoms with Gasteiger partial charge in [-0.25, -0.2) is 4.79 Å². The summed E-state index contributed by atoms with van der Waals surface area (Å²) in [4.78, 5) is 35.9. The molecule has 0 heterocycles. The number of rotatable bonds is 6. The molecule has 0 aliphatic carbocycles. The predicted molar refractivity (Wildman–Crippen MR) is 110 cm³/mol. The summed E-state index contributed by atoms with van der Waals surface area (Å²) in [5, 5.41) is 14.9. The number of anilines is 2. The summed E-state index contributed by atoms with van der Waals surface area (Å²) in [7, 11) is 0. The number of carboxylic acids is 1. The summed E-state index contributed by atoms with van der Waals surface area (Å²) < 4.78 is 0. The third-order valence-corrected chi connectivity index (χ3v) is 4.41. The maximum absolute atomic E-state index is 12.6. The normalized spacial score (nSPS) is 10.6. The third-order valence-electron chi connectivity index (χ3n) is 4.41. The molecule has 0 radical (unpaired) electrons. The molecule has 2 rings (SSSR count). The Balaban J connectivity index is 2.19. The van der Waals surface area contributed by atoms with Crippen molar-refractivity contribution in [3.63, 3.8) is 0 Å². The SMILES string of the molecule is Cc1cc(C(=O)Nc2cc(C(=O)O)c(C)cc2C)ccc1NC(=O)CC(C)C. The highest BCUT2D eigenvalue weighted by atomic mass is 16.4. The summed E-state index contributed by atoms with van der Waals surface area (Å²) in [6.45, 7) is 9.30. The lowest BCUT2D eigenvalue weighted by molar-refractivity contribution is -0.116. The first-order chi connectivity index (χ1) is 13.1. The molecular weight excluding hydrogens is 356 g/mol. The van der Waals surface area contributed by atoms with Crippen molar-refractivity contribution >= 4 is 29.2 Å². The Bertz CT molecular complexity index is 932. The minimum Gasteiger partial charge on any atom is -0.478 e. The summed E-state index contributed by atoms with van der Waals surface area (Å²) in [5.74, 6) is -1.18. The monoisotopic (exact) mass is 382 g/mol. The summed E-state index contributed by atoms with van der Waals surface area (Å²) >= 11 is 0. The second-order valence-electron chi connectivity index (χ2n) is 7.42. The fraction of sp³-hybridized carbons (Fsp3) is 0.318. The van der Waals surface area contributed by atoms with E-state index in [0.29, 0.717) is 28.9 Å². The fourth-order valence-electron chi connectivity index (χ4n) is 2.93. The lowest BCUT2D eigenvalue weighted by Crippen LogP contribution is -2.16. The Morgan fingerprint density at radius 3 is 2.11 bits per heavy atom. The van der Waals surface area contributed by atoms with E-state index in [0.717, 1.165) is 11.1 Å². The number of carbonyl (C=O) groups excluding carboxylic acids is 2. The van der Waals surface area contributed by atoms with Gasteiger partial charge in [-0.1, -0.05) is 19.9 Å². The fourth-order valence-corrected chi connectivity index (χ4v) is 2.93. The highest BCUT2D eigenvalue weighted by Crippen LogP contribution is 2.23. The van der Waals surface area contributed by atoms with E-state index in [4.69, 9.17) is 0 Å². The number of benzene rings is 2. The van der Waals surface area contributed by atoms with Gasteiger partial charge in [0, 0.05) is 23.4 Å². The second kappa shape index (κ2) is 8.69. The largest absolute Gasteiger partial charge is 0.478 e. The van der Waals surface area contributed by atoms with Crippen LogP contribution in [-0.4, -0.2) is 22.9 Å². The van der Waals surface area contributed by atoms with E-state index in [9.17, 15) is 19.5 Å². The molecule has 0 aliphatic rings. The minimum absolute atomic E-state index is 0.0632. The maximum Gasteiger partial charge on any atom is 0.336 e. The molecule has 0 aliphatic heterocycles. The van der Waals surface area contributed by atoms with E-state index < -0.39 is 5.97 Å². The van der Waals surface area contributed by atoms with Crippen molar-refractivity contribution in [1.82, 2.24) is 0 Å². The molecule has 0 bridgehead atoms. The Kier molecular flexibility index (Phi) is 6.57. The molecule has 0 saturated heterocycles. The van der Waals surface area contributed by atoms with E-state index in [1.165, 1.54) is 6.07 Å². The van der Waals surface area contributed by atoms with Crippen LogP contribution in [0.5, 0.6) is 0 Å². The highest BCUT2D eigenvalue weighted by molar-refractivity contribution is 6.06. The van der Waals surface area contributed by atoms with Crippen molar-refractivity contribution in [2.24, 2.45) is 5.92 Å². The first-order valence-corrected chi connectivity index (χ1v) is 9.15. The molecule has 2 aromatic carbocycles. The van der Waals surface area contributed by atoms with E-state index in [2.05, 4.69) is 10.6 Å². The van der Waals surface area contributed by atoms with E-state index in [-0.39, 0.29) is 23.3 Å². The van der Waals surface area contributed by atoms with Crippen LogP contribution in [0, 0.1) is 26.7 Å². The van der Waals surface area contributed by atoms with Gasteiger partial charge in [0.25, 0.3) is 5.91 Å². The van der Waals surface area contributed by atoms with Crippen LogP contribution in [0.3, 0.4) is 0 Å².